The second-order valence-corrected chi connectivity index (χ2v) is 14.4. The van der Waals surface area contributed by atoms with Gasteiger partial charge in [0.2, 0.25) is 5.88 Å². The van der Waals surface area contributed by atoms with Crippen LogP contribution in [-0.2, 0) is 11.2 Å². The molecule has 57 heavy (non-hydrogen) atoms. The van der Waals surface area contributed by atoms with Gasteiger partial charge in [-0.05, 0) is 69.5 Å². The molecule has 302 valence electrons. The Hall–Kier alpha value is -5.72. The number of aromatic nitrogens is 5. The van der Waals surface area contributed by atoms with Gasteiger partial charge in [-0.1, -0.05) is 13.0 Å². The van der Waals surface area contributed by atoms with Crippen molar-refractivity contribution in [1.29, 1.82) is 0 Å². The smallest absolute Gasteiger partial charge is 0.475 e. The van der Waals surface area contributed by atoms with Crippen LogP contribution >= 0.6 is 0 Å². The second-order valence-electron chi connectivity index (χ2n) is 14.4. The average molecular weight is 800 g/mol. The number of ether oxygens (including phenoxy) is 2. The minimum absolute atomic E-state index is 0.0668. The maximum atomic E-state index is 17.3. The van der Waals surface area contributed by atoms with Gasteiger partial charge >= 0.3 is 18.2 Å². The number of fused-ring (bicyclic) bond motifs is 2. The zero-order valence-corrected chi connectivity index (χ0v) is 31.1. The molecular weight excluding hydrogens is 760 g/mol. The first-order valence-corrected chi connectivity index (χ1v) is 18.3. The maximum absolute atomic E-state index is 17.3. The molecule has 3 aliphatic rings. The number of halogens is 6. The van der Waals surface area contributed by atoms with E-state index in [1.165, 1.54) is 18.2 Å². The summed E-state index contributed by atoms with van der Waals surface area (Å²) in [4.78, 5) is 36.0. The molecule has 3 aliphatic heterocycles. The lowest BCUT2D eigenvalue weighted by Crippen LogP contribution is -2.43. The van der Waals surface area contributed by atoms with Crippen LogP contribution in [0, 0.1) is 11.6 Å². The number of hydrogen-bond donors (Lipinski definition) is 3. The highest BCUT2D eigenvalue weighted by Gasteiger charge is 2.49. The van der Waals surface area contributed by atoms with Gasteiger partial charge < -0.3 is 30.9 Å². The van der Waals surface area contributed by atoms with E-state index in [9.17, 15) is 17.6 Å². The summed E-state index contributed by atoms with van der Waals surface area (Å²) < 4.78 is 91.5. The third-order valence-corrected chi connectivity index (χ3v) is 10.8. The van der Waals surface area contributed by atoms with Gasteiger partial charge in [-0.3, -0.25) is 4.90 Å². The van der Waals surface area contributed by atoms with Crippen molar-refractivity contribution in [2.75, 3.05) is 42.7 Å². The van der Waals surface area contributed by atoms with Crippen LogP contribution in [-0.4, -0.2) is 91.1 Å². The first-order valence-electron chi connectivity index (χ1n) is 18.3. The van der Waals surface area contributed by atoms with Crippen LogP contribution < -0.4 is 25.8 Å². The molecule has 8 rings (SSSR count). The van der Waals surface area contributed by atoms with Crippen LogP contribution in [0.3, 0.4) is 0 Å². The van der Waals surface area contributed by atoms with Gasteiger partial charge in [-0.25, -0.2) is 32.9 Å². The zero-order chi connectivity index (χ0) is 41.0. The second kappa shape index (κ2) is 15.0. The van der Waals surface area contributed by atoms with E-state index in [2.05, 4.69) is 19.9 Å². The molecular formula is C38H39F6N9O4. The summed E-state index contributed by atoms with van der Waals surface area (Å²) in [5.74, 6) is -3.07. The molecule has 0 amide bonds. The predicted octanol–water partition coefficient (Wildman–Crippen LogP) is 6.58. The fourth-order valence-corrected chi connectivity index (χ4v) is 8.20. The number of hydrogen-bond acceptors (Lipinski definition) is 12. The number of alkyl halides is 4. The van der Waals surface area contributed by atoms with Crippen LogP contribution in [0.5, 0.6) is 11.9 Å². The van der Waals surface area contributed by atoms with E-state index in [0.29, 0.717) is 47.5 Å². The molecule has 0 radical (unpaired) electrons. The van der Waals surface area contributed by atoms with Gasteiger partial charge in [0, 0.05) is 35.7 Å². The number of nitrogens with two attached hydrogens (primary N) is 2. The summed E-state index contributed by atoms with van der Waals surface area (Å²) in [6, 6.07) is 7.27. The van der Waals surface area contributed by atoms with E-state index in [1.54, 1.807) is 12.3 Å². The summed E-state index contributed by atoms with van der Waals surface area (Å²) in [6.45, 7) is 7.19. The van der Waals surface area contributed by atoms with E-state index in [1.807, 2.05) is 31.7 Å². The molecule has 0 saturated carbocycles. The fourth-order valence-electron chi connectivity index (χ4n) is 8.20. The summed E-state index contributed by atoms with van der Waals surface area (Å²) in [6.07, 6.45) is -2.03. The molecule has 0 aliphatic carbocycles. The molecule has 0 spiro atoms. The van der Waals surface area contributed by atoms with Gasteiger partial charge in [-0.2, -0.15) is 23.1 Å². The van der Waals surface area contributed by atoms with Crippen molar-refractivity contribution in [3.05, 3.63) is 59.3 Å². The van der Waals surface area contributed by atoms with Crippen LogP contribution in [0.15, 0.2) is 36.5 Å². The number of aliphatic carboxylic acids is 1. The highest BCUT2D eigenvalue weighted by molar-refractivity contribution is 6.02. The molecule has 5 N–H and O–H groups in total. The zero-order valence-electron chi connectivity index (χ0n) is 31.1. The normalized spacial score (nSPS) is 21.1. The van der Waals surface area contributed by atoms with Crippen molar-refractivity contribution >= 4 is 45.2 Å². The lowest BCUT2D eigenvalue weighted by Gasteiger charge is -2.35. The van der Waals surface area contributed by atoms with E-state index in [0.717, 1.165) is 24.9 Å². The van der Waals surface area contributed by atoms with Gasteiger partial charge in [0.15, 0.2) is 5.82 Å². The lowest BCUT2D eigenvalue weighted by atomic mass is 9.95. The van der Waals surface area contributed by atoms with Gasteiger partial charge in [0.25, 0.3) is 0 Å². The maximum Gasteiger partial charge on any atom is 0.490 e. The topological polar surface area (TPSA) is 179 Å². The number of nitrogens with zero attached hydrogens (tertiary/aromatic N) is 7. The number of anilines is 3. The van der Waals surface area contributed by atoms with Crippen LogP contribution in [0.4, 0.5) is 43.8 Å². The number of rotatable bonds is 7. The van der Waals surface area contributed by atoms with Crippen LogP contribution in [0.25, 0.3) is 33.1 Å². The average Bonchev–Trinajstić information content (AvgIpc) is 3.64. The molecule has 13 nitrogen and oxygen atoms in total. The lowest BCUT2D eigenvalue weighted by molar-refractivity contribution is -0.192. The van der Waals surface area contributed by atoms with Crippen molar-refractivity contribution in [2.45, 2.75) is 76.4 Å². The van der Waals surface area contributed by atoms with Crippen molar-refractivity contribution in [2.24, 2.45) is 0 Å². The molecule has 4 aromatic heterocycles. The van der Waals surface area contributed by atoms with E-state index in [4.69, 9.17) is 40.8 Å². The number of carbonyl (C=O) groups is 1. The van der Waals surface area contributed by atoms with E-state index in [-0.39, 0.29) is 65.2 Å². The summed E-state index contributed by atoms with van der Waals surface area (Å²) in [5.41, 5.74) is 13.6. The van der Waals surface area contributed by atoms with Gasteiger partial charge in [-0.15, -0.1) is 0 Å². The van der Waals surface area contributed by atoms with Crippen molar-refractivity contribution in [3.8, 4) is 23.1 Å². The summed E-state index contributed by atoms with van der Waals surface area (Å²) in [5, 5.41) is 7.77. The van der Waals surface area contributed by atoms with E-state index >= 15 is 8.78 Å². The number of nitrogen functional groups attached to an aromatic ring is 2. The highest BCUT2D eigenvalue weighted by Crippen LogP contribution is 2.46. The Kier molecular flexibility index (Phi) is 10.4. The van der Waals surface area contributed by atoms with Crippen molar-refractivity contribution in [1.82, 2.24) is 29.8 Å². The Morgan fingerprint density at radius 1 is 1.14 bits per heavy atom. The molecule has 4 atom stereocenters. The Morgan fingerprint density at radius 2 is 1.89 bits per heavy atom. The SMILES string of the molecule is CCc1c(F)ccc2nc(N)cc(-c3nc4c5c(nc(OC[C@@]67CCCN6C[C@H](F)C7)nc5c3F)N([C@H](C)c3cccnc3N)[C@@H](C)CO4)c12.O=C(O)C(F)(F)F. The Bertz CT molecular complexity index is 2370. The fraction of sp³-hybridized carbons (Fsp3) is 0.421. The number of pyridine rings is 3. The molecule has 5 aromatic rings. The molecule has 7 heterocycles. The monoisotopic (exact) mass is 799 g/mol. The van der Waals surface area contributed by atoms with E-state index < -0.39 is 35.5 Å². The Morgan fingerprint density at radius 3 is 2.60 bits per heavy atom. The first-order chi connectivity index (χ1) is 27.0. The number of carboxylic acid groups (broad SMARTS) is 1. The van der Waals surface area contributed by atoms with Gasteiger partial charge in [0.05, 0.1) is 23.1 Å². The summed E-state index contributed by atoms with van der Waals surface area (Å²) >= 11 is 0. The Balaban J connectivity index is 0.000000651. The van der Waals surface area contributed by atoms with Gasteiger partial charge in [0.1, 0.15) is 59.3 Å². The number of benzene rings is 1. The third-order valence-electron chi connectivity index (χ3n) is 10.8. The van der Waals surface area contributed by atoms with Crippen molar-refractivity contribution in [3.63, 3.8) is 0 Å². The quantitative estimate of drug-likeness (QED) is 0.151. The Labute approximate surface area is 322 Å². The number of carboxylic acids is 1. The standard InChI is InChI=1S/C36H38F3N9O2.C2HF3O2/c1-4-21-24(38)8-9-25-27(21)23(13-26(40)43-25)30-29(39)31-28-33(46-35(45-31)50-17-36-10-6-12-47(36)15-20(37)14-36)48(18(2)16-49-34(28)44-30)19(3)22-7-5-11-42-32(22)41;3-2(4,5)1(6)7/h5,7-9,11,13,18-20H,4,6,10,12,14-17H2,1-3H3,(H2,40,43)(H2,41,42);(H,6,7)/t18-,19+,20+,36-;/m0./s1. The van der Waals surface area contributed by atoms with Crippen LogP contribution in [0.1, 0.15) is 57.2 Å². The molecule has 2 saturated heterocycles. The first kappa shape index (κ1) is 39.5. The number of aryl methyl sites for hydroxylation is 1. The molecule has 1 aromatic carbocycles. The molecule has 19 heteroatoms. The molecule has 2 fully saturated rings. The van der Waals surface area contributed by atoms with Crippen molar-refractivity contribution < 1.29 is 45.7 Å². The minimum Gasteiger partial charge on any atom is -0.475 e. The molecule has 0 unspecified atom stereocenters. The third kappa shape index (κ3) is 7.23. The largest absolute Gasteiger partial charge is 0.490 e. The predicted molar refractivity (Wildman–Crippen MR) is 199 cm³/mol. The summed E-state index contributed by atoms with van der Waals surface area (Å²) in [7, 11) is 0. The highest BCUT2D eigenvalue weighted by atomic mass is 19.4. The minimum atomic E-state index is -5.08. The molecule has 0 bridgehead atoms. The van der Waals surface area contributed by atoms with Crippen LogP contribution in [0.2, 0.25) is 0 Å².